The van der Waals surface area contributed by atoms with Crippen LogP contribution >= 0.6 is 0 Å². The Balaban J connectivity index is 1.98. The van der Waals surface area contributed by atoms with E-state index >= 15 is 0 Å². The normalized spacial score (nSPS) is 16.1. The van der Waals surface area contributed by atoms with E-state index in [1.807, 2.05) is 6.07 Å². The third-order valence-corrected chi connectivity index (χ3v) is 3.56. The Morgan fingerprint density at radius 2 is 2.16 bits per heavy atom. The molecule has 0 amide bonds. The van der Waals surface area contributed by atoms with Crippen molar-refractivity contribution in [2.24, 2.45) is 0 Å². The van der Waals surface area contributed by atoms with Gasteiger partial charge in [0.25, 0.3) is 0 Å². The third-order valence-electron chi connectivity index (χ3n) is 3.56. The van der Waals surface area contributed by atoms with Crippen molar-refractivity contribution in [3.8, 4) is 0 Å². The molecule has 0 aliphatic heterocycles. The number of aromatic nitrogens is 3. The van der Waals surface area contributed by atoms with Crippen molar-refractivity contribution in [1.82, 2.24) is 14.6 Å². The van der Waals surface area contributed by atoms with E-state index in [0.29, 0.717) is 23.2 Å². The molecule has 0 radical (unpaired) electrons. The predicted molar refractivity (Wildman–Crippen MR) is 70.6 cm³/mol. The first-order valence-corrected chi connectivity index (χ1v) is 6.51. The van der Waals surface area contributed by atoms with E-state index in [4.69, 9.17) is 0 Å². The summed E-state index contributed by atoms with van der Waals surface area (Å²) in [7, 11) is 0. The zero-order valence-corrected chi connectivity index (χ0v) is 10.8. The van der Waals surface area contributed by atoms with Gasteiger partial charge in [-0.3, -0.25) is 0 Å². The second-order valence-corrected chi connectivity index (χ2v) is 4.97. The van der Waals surface area contributed by atoms with Gasteiger partial charge in [0.15, 0.2) is 11.3 Å². The van der Waals surface area contributed by atoms with Crippen molar-refractivity contribution in [2.45, 2.75) is 38.6 Å². The van der Waals surface area contributed by atoms with Crippen molar-refractivity contribution >= 4 is 17.4 Å². The molecule has 100 valence electrons. The summed E-state index contributed by atoms with van der Waals surface area (Å²) in [6.07, 6.45) is 4.78. The SMILES string of the molecule is Cc1nc2ccc(NC3CCCC3)nn2c1C(=O)O. The quantitative estimate of drug-likeness (QED) is 0.883. The Morgan fingerprint density at radius 1 is 1.42 bits per heavy atom. The lowest BCUT2D eigenvalue weighted by molar-refractivity contribution is 0.0687. The number of nitrogens with zero attached hydrogens (tertiary/aromatic N) is 3. The fraction of sp³-hybridized carbons (Fsp3) is 0.462. The zero-order valence-electron chi connectivity index (χ0n) is 10.8. The minimum atomic E-state index is -1.00. The molecule has 0 atom stereocenters. The number of anilines is 1. The molecule has 3 rings (SSSR count). The lowest BCUT2D eigenvalue weighted by atomic mass is 10.2. The van der Waals surface area contributed by atoms with Crippen LogP contribution in [0.3, 0.4) is 0 Å². The van der Waals surface area contributed by atoms with Crippen LogP contribution in [0, 0.1) is 6.92 Å². The number of carbonyl (C=O) groups is 1. The number of carboxylic acid groups (broad SMARTS) is 1. The van der Waals surface area contributed by atoms with Gasteiger partial charge in [-0.05, 0) is 31.9 Å². The summed E-state index contributed by atoms with van der Waals surface area (Å²) >= 11 is 0. The molecule has 1 saturated carbocycles. The first-order valence-electron chi connectivity index (χ1n) is 6.51. The Hall–Kier alpha value is -2.11. The van der Waals surface area contributed by atoms with Crippen LogP contribution in [0.1, 0.15) is 41.9 Å². The van der Waals surface area contributed by atoms with Crippen molar-refractivity contribution in [2.75, 3.05) is 5.32 Å². The summed E-state index contributed by atoms with van der Waals surface area (Å²) in [5.41, 5.74) is 1.18. The first kappa shape index (κ1) is 12.0. The highest BCUT2D eigenvalue weighted by Gasteiger charge is 2.18. The maximum Gasteiger partial charge on any atom is 0.356 e. The van der Waals surface area contributed by atoms with Crippen LogP contribution < -0.4 is 5.32 Å². The zero-order chi connectivity index (χ0) is 13.4. The van der Waals surface area contributed by atoms with Gasteiger partial charge in [0, 0.05) is 6.04 Å². The minimum Gasteiger partial charge on any atom is -0.476 e. The van der Waals surface area contributed by atoms with Gasteiger partial charge in [0.05, 0.1) is 5.69 Å². The van der Waals surface area contributed by atoms with Gasteiger partial charge in [-0.25, -0.2) is 14.3 Å². The molecule has 0 spiro atoms. The standard InChI is InChI=1S/C13H16N4O2/c1-8-12(13(18)19)17-11(14-8)7-6-10(16-17)15-9-4-2-3-5-9/h6-7,9H,2-5H2,1H3,(H,15,16)(H,18,19). The monoisotopic (exact) mass is 260 g/mol. The molecule has 2 aromatic heterocycles. The van der Waals surface area contributed by atoms with Gasteiger partial charge in [-0.2, -0.15) is 0 Å². The molecule has 1 aliphatic rings. The van der Waals surface area contributed by atoms with Gasteiger partial charge in [0.1, 0.15) is 5.82 Å². The van der Waals surface area contributed by atoms with E-state index in [0.717, 1.165) is 12.8 Å². The number of aromatic carboxylic acids is 1. The van der Waals surface area contributed by atoms with Crippen LogP contribution in [-0.4, -0.2) is 31.7 Å². The second kappa shape index (κ2) is 4.53. The number of carboxylic acids is 1. The predicted octanol–water partition coefficient (Wildman–Crippen LogP) is 2.09. The van der Waals surface area contributed by atoms with Crippen molar-refractivity contribution in [1.29, 1.82) is 0 Å². The van der Waals surface area contributed by atoms with Gasteiger partial charge in [-0.1, -0.05) is 12.8 Å². The molecule has 0 unspecified atom stereocenters. The van der Waals surface area contributed by atoms with Crippen LogP contribution in [0.5, 0.6) is 0 Å². The summed E-state index contributed by atoms with van der Waals surface area (Å²) in [5.74, 6) is -0.296. The summed E-state index contributed by atoms with van der Waals surface area (Å²) in [5, 5.41) is 16.9. The number of fused-ring (bicyclic) bond motifs is 1. The summed E-state index contributed by atoms with van der Waals surface area (Å²) in [6, 6.07) is 4.10. The van der Waals surface area contributed by atoms with E-state index in [2.05, 4.69) is 15.4 Å². The maximum absolute atomic E-state index is 11.2. The van der Waals surface area contributed by atoms with Gasteiger partial charge >= 0.3 is 5.97 Å². The molecule has 19 heavy (non-hydrogen) atoms. The summed E-state index contributed by atoms with van der Waals surface area (Å²) in [6.45, 7) is 1.68. The molecule has 6 heteroatoms. The van der Waals surface area contributed by atoms with E-state index < -0.39 is 5.97 Å². The van der Waals surface area contributed by atoms with E-state index in [1.54, 1.807) is 13.0 Å². The molecule has 0 saturated heterocycles. The van der Waals surface area contributed by atoms with Crippen molar-refractivity contribution in [3.63, 3.8) is 0 Å². The number of hydrogen-bond acceptors (Lipinski definition) is 4. The Kier molecular flexibility index (Phi) is 2.85. The molecule has 2 N–H and O–H groups in total. The van der Waals surface area contributed by atoms with E-state index in [9.17, 15) is 9.90 Å². The third kappa shape index (κ3) is 2.14. The first-order chi connectivity index (χ1) is 9.15. The van der Waals surface area contributed by atoms with Gasteiger partial charge < -0.3 is 10.4 Å². The second-order valence-electron chi connectivity index (χ2n) is 4.97. The number of aryl methyl sites for hydroxylation is 1. The smallest absolute Gasteiger partial charge is 0.356 e. The maximum atomic E-state index is 11.2. The Morgan fingerprint density at radius 3 is 2.84 bits per heavy atom. The Bertz CT molecular complexity index is 629. The number of rotatable bonds is 3. The number of hydrogen-bond donors (Lipinski definition) is 2. The number of nitrogens with one attached hydrogen (secondary N) is 1. The molecule has 6 nitrogen and oxygen atoms in total. The molecule has 0 aromatic carbocycles. The average molecular weight is 260 g/mol. The lowest BCUT2D eigenvalue weighted by Crippen LogP contribution is -2.17. The molecule has 1 fully saturated rings. The van der Waals surface area contributed by atoms with Crippen LogP contribution in [0.15, 0.2) is 12.1 Å². The van der Waals surface area contributed by atoms with Gasteiger partial charge in [-0.15, -0.1) is 5.10 Å². The van der Waals surface area contributed by atoms with Crippen LogP contribution in [-0.2, 0) is 0 Å². The molecule has 1 aliphatic carbocycles. The van der Waals surface area contributed by atoms with Crippen molar-refractivity contribution in [3.05, 3.63) is 23.5 Å². The number of imidazole rings is 1. The van der Waals surface area contributed by atoms with Crippen LogP contribution in [0.4, 0.5) is 5.82 Å². The largest absolute Gasteiger partial charge is 0.476 e. The lowest BCUT2D eigenvalue weighted by Gasteiger charge is -2.12. The molecule has 2 heterocycles. The van der Waals surface area contributed by atoms with Crippen molar-refractivity contribution < 1.29 is 9.90 Å². The highest BCUT2D eigenvalue weighted by atomic mass is 16.4. The van der Waals surface area contributed by atoms with Crippen LogP contribution in [0.25, 0.3) is 5.65 Å². The minimum absolute atomic E-state index is 0.130. The van der Waals surface area contributed by atoms with Crippen LogP contribution in [0.2, 0.25) is 0 Å². The molecular weight excluding hydrogens is 244 g/mol. The molecular formula is C13H16N4O2. The fourth-order valence-corrected chi connectivity index (χ4v) is 2.65. The summed E-state index contributed by atoms with van der Waals surface area (Å²) < 4.78 is 1.40. The molecule has 0 bridgehead atoms. The molecule has 2 aromatic rings. The Labute approximate surface area is 110 Å². The topological polar surface area (TPSA) is 79.5 Å². The summed E-state index contributed by atoms with van der Waals surface area (Å²) in [4.78, 5) is 15.4. The van der Waals surface area contributed by atoms with E-state index in [1.165, 1.54) is 17.4 Å². The average Bonchev–Trinajstić information content (AvgIpc) is 2.95. The fourth-order valence-electron chi connectivity index (χ4n) is 2.65. The highest BCUT2D eigenvalue weighted by molar-refractivity contribution is 5.88. The van der Waals surface area contributed by atoms with E-state index in [-0.39, 0.29) is 5.69 Å². The van der Waals surface area contributed by atoms with Gasteiger partial charge in [0.2, 0.25) is 0 Å². The highest BCUT2D eigenvalue weighted by Crippen LogP contribution is 2.22.